The molecule has 0 saturated heterocycles. The van der Waals surface area contributed by atoms with E-state index in [4.69, 9.17) is 0 Å². The van der Waals surface area contributed by atoms with Crippen LogP contribution in [0.4, 0.5) is 5.69 Å². The minimum Gasteiger partial charge on any atom is -0.321 e. The molecule has 128 valence electrons. The van der Waals surface area contributed by atoms with Crippen molar-refractivity contribution < 1.29 is 9.72 Å². The van der Waals surface area contributed by atoms with Gasteiger partial charge < -0.3 is 5.32 Å². The van der Waals surface area contributed by atoms with Gasteiger partial charge in [0.05, 0.1) is 4.92 Å². The molecule has 0 radical (unpaired) electrons. The van der Waals surface area contributed by atoms with Gasteiger partial charge in [0.2, 0.25) is 0 Å². The number of carbonyl (C=O) groups excluding carboxylic acids is 1. The fraction of sp³-hybridized carbons (Fsp3) is 0.118. The molecule has 0 aliphatic rings. The molecule has 1 N–H and O–H groups in total. The molecule has 0 aliphatic carbocycles. The number of non-ortho nitro benzene ring substituents is 1. The summed E-state index contributed by atoms with van der Waals surface area (Å²) in [5, 5.41) is 17.6. The molecule has 1 aromatic heterocycles. The molecule has 0 fully saturated rings. The summed E-state index contributed by atoms with van der Waals surface area (Å²) in [7, 11) is 0. The maximum absolute atomic E-state index is 12.6. The molecular weight excluding hydrogens is 322 g/mol. The maximum Gasteiger partial charge on any atom is 0.274 e. The summed E-state index contributed by atoms with van der Waals surface area (Å²) >= 11 is 0. The number of benzene rings is 1. The predicted octanol–water partition coefficient (Wildman–Crippen LogP) is 2.78. The Hall–Kier alpha value is -3.55. The number of allylic oxidation sites excluding steroid dienone is 2. The van der Waals surface area contributed by atoms with E-state index in [9.17, 15) is 14.9 Å². The average Bonchev–Trinajstić information content (AvgIpc) is 3.13. The number of nitro groups is 1. The summed E-state index contributed by atoms with van der Waals surface area (Å²) < 4.78 is 1.29. The molecule has 2 rings (SSSR count). The highest BCUT2D eigenvalue weighted by Crippen LogP contribution is 2.17. The van der Waals surface area contributed by atoms with Gasteiger partial charge in [-0.3, -0.25) is 14.9 Å². The predicted molar refractivity (Wildman–Crippen MR) is 94.0 cm³/mol. The van der Waals surface area contributed by atoms with E-state index in [0.717, 1.165) is 6.42 Å². The second-order valence-corrected chi connectivity index (χ2v) is 4.95. The lowest BCUT2D eigenvalue weighted by Gasteiger charge is -2.09. The monoisotopic (exact) mass is 339 g/mol. The first-order valence-electron chi connectivity index (χ1n) is 7.50. The van der Waals surface area contributed by atoms with Crippen molar-refractivity contribution in [2.45, 2.75) is 13.3 Å². The Bertz CT molecular complexity index is 838. The second-order valence-electron chi connectivity index (χ2n) is 4.95. The zero-order valence-electron chi connectivity index (χ0n) is 13.6. The lowest BCUT2D eigenvalue weighted by Crippen LogP contribution is -2.25. The van der Waals surface area contributed by atoms with E-state index in [1.807, 2.05) is 13.0 Å². The second kappa shape index (κ2) is 8.34. The van der Waals surface area contributed by atoms with Crippen molar-refractivity contribution >= 4 is 23.4 Å². The van der Waals surface area contributed by atoms with Crippen molar-refractivity contribution in [1.82, 2.24) is 20.1 Å². The van der Waals surface area contributed by atoms with Crippen LogP contribution in [0.1, 0.15) is 18.9 Å². The molecule has 0 spiro atoms. The van der Waals surface area contributed by atoms with Gasteiger partial charge in [0, 0.05) is 17.8 Å². The van der Waals surface area contributed by atoms with Crippen LogP contribution in [-0.2, 0) is 4.79 Å². The number of nitro benzene ring substituents is 1. The van der Waals surface area contributed by atoms with Gasteiger partial charge in [-0.15, -0.1) is 0 Å². The van der Waals surface area contributed by atoms with Crippen LogP contribution < -0.4 is 5.32 Å². The van der Waals surface area contributed by atoms with Crippen LogP contribution in [0.5, 0.6) is 0 Å². The van der Waals surface area contributed by atoms with Crippen LogP contribution in [0.2, 0.25) is 0 Å². The molecule has 0 unspecified atom stereocenters. The largest absolute Gasteiger partial charge is 0.321 e. The molecule has 1 heterocycles. The quantitative estimate of drug-likeness (QED) is 0.361. The van der Waals surface area contributed by atoms with Crippen LogP contribution in [0, 0.1) is 10.1 Å². The molecule has 1 aromatic carbocycles. The van der Waals surface area contributed by atoms with E-state index in [1.54, 1.807) is 12.1 Å². The summed E-state index contributed by atoms with van der Waals surface area (Å²) in [6.07, 6.45) is 8.26. The molecule has 0 bridgehead atoms. The van der Waals surface area contributed by atoms with E-state index >= 15 is 0 Å². The van der Waals surface area contributed by atoms with Crippen molar-refractivity contribution in [2.75, 3.05) is 0 Å². The molecule has 25 heavy (non-hydrogen) atoms. The smallest absolute Gasteiger partial charge is 0.274 e. The Morgan fingerprint density at radius 1 is 1.48 bits per heavy atom. The first kappa shape index (κ1) is 17.8. The Morgan fingerprint density at radius 2 is 2.28 bits per heavy atom. The highest BCUT2D eigenvalue weighted by Gasteiger charge is 2.14. The lowest BCUT2D eigenvalue weighted by atomic mass is 10.1. The fourth-order valence-corrected chi connectivity index (χ4v) is 2.05. The fourth-order valence-electron chi connectivity index (χ4n) is 2.05. The summed E-state index contributed by atoms with van der Waals surface area (Å²) in [6, 6.07) is 5.97. The van der Waals surface area contributed by atoms with Gasteiger partial charge in [0.25, 0.3) is 11.6 Å². The van der Waals surface area contributed by atoms with Gasteiger partial charge >= 0.3 is 0 Å². The first-order valence-corrected chi connectivity index (χ1v) is 7.50. The number of aromatic nitrogens is 3. The standard InChI is InChI=1S/C17H17N5O3/c1-3-6-14(4-2)20-17(23)16(21-12-18-11-19-21)10-13-7-5-8-15(9-13)22(24)25/h4-12H,2-3H2,1H3,(H,20,23)/b14-6+,16-10-. The SMILES string of the molecule is C=C/C(=C\CC)NC(=O)/C(=C/c1cccc([N+](=O)[O-])c1)n1cncn1. The van der Waals surface area contributed by atoms with Crippen molar-refractivity contribution in [2.24, 2.45) is 0 Å². The summed E-state index contributed by atoms with van der Waals surface area (Å²) in [4.78, 5) is 26.9. The van der Waals surface area contributed by atoms with Crippen LogP contribution in [0.25, 0.3) is 11.8 Å². The molecule has 8 heteroatoms. The third-order valence-corrected chi connectivity index (χ3v) is 3.18. The van der Waals surface area contributed by atoms with E-state index in [-0.39, 0.29) is 11.4 Å². The van der Waals surface area contributed by atoms with Crippen LogP contribution >= 0.6 is 0 Å². The van der Waals surface area contributed by atoms with E-state index in [2.05, 4.69) is 22.0 Å². The molecule has 1 amide bonds. The Balaban J connectivity index is 2.42. The zero-order valence-corrected chi connectivity index (χ0v) is 13.6. The molecular formula is C17H17N5O3. The molecule has 0 saturated carbocycles. The number of amides is 1. The van der Waals surface area contributed by atoms with E-state index in [1.165, 1.54) is 41.6 Å². The normalized spacial score (nSPS) is 11.9. The third kappa shape index (κ3) is 4.71. The van der Waals surface area contributed by atoms with Gasteiger partial charge in [-0.05, 0) is 24.1 Å². The molecule has 2 aromatic rings. The maximum atomic E-state index is 12.6. The number of carbonyl (C=O) groups is 1. The minimum atomic E-state index is -0.494. The first-order chi connectivity index (χ1) is 12.0. The van der Waals surface area contributed by atoms with Crippen LogP contribution in [-0.4, -0.2) is 25.6 Å². The molecule has 0 aliphatic heterocycles. The highest BCUT2D eigenvalue weighted by molar-refractivity contribution is 6.18. The molecule has 8 nitrogen and oxygen atoms in total. The van der Waals surface area contributed by atoms with Gasteiger partial charge in [-0.2, -0.15) is 5.10 Å². The van der Waals surface area contributed by atoms with Crippen molar-refractivity contribution in [3.05, 3.63) is 77.0 Å². The number of nitrogens with one attached hydrogen (secondary N) is 1. The number of hydrogen-bond acceptors (Lipinski definition) is 5. The summed E-state index contributed by atoms with van der Waals surface area (Å²) in [5.74, 6) is -0.434. The minimum absolute atomic E-state index is 0.0650. The average molecular weight is 339 g/mol. The highest BCUT2D eigenvalue weighted by atomic mass is 16.6. The number of nitrogens with zero attached hydrogens (tertiary/aromatic N) is 4. The number of rotatable bonds is 7. The van der Waals surface area contributed by atoms with Crippen molar-refractivity contribution in [3.63, 3.8) is 0 Å². The Kier molecular flexibility index (Phi) is 5.94. The van der Waals surface area contributed by atoms with Crippen LogP contribution in [0.15, 0.2) is 61.3 Å². The van der Waals surface area contributed by atoms with Crippen molar-refractivity contribution in [3.8, 4) is 0 Å². The van der Waals surface area contributed by atoms with Gasteiger partial charge in [0.15, 0.2) is 0 Å². The van der Waals surface area contributed by atoms with Crippen LogP contribution in [0.3, 0.4) is 0 Å². The lowest BCUT2D eigenvalue weighted by molar-refractivity contribution is -0.384. The third-order valence-electron chi connectivity index (χ3n) is 3.18. The van der Waals surface area contributed by atoms with Gasteiger partial charge in [-0.25, -0.2) is 9.67 Å². The summed E-state index contributed by atoms with van der Waals surface area (Å²) in [5.41, 5.74) is 1.17. The topological polar surface area (TPSA) is 103 Å². The summed E-state index contributed by atoms with van der Waals surface area (Å²) in [6.45, 7) is 5.59. The van der Waals surface area contributed by atoms with Crippen molar-refractivity contribution in [1.29, 1.82) is 0 Å². The number of hydrogen-bond donors (Lipinski definition) is 1. The zero-order chi connectivity index (χ0) is 18.2. The van der Waals surface area contributed by atoms with E-state index < -0.39 is 10.8 Å². The van der Waals surface area contributed by atoms with Gasteiger partial charge in [-0.1, -0.05) is 31.7 Å². The Labute approximate surface area is 144 Å². The van der Waals surface area contributed by atoms with E-state index in [0.29, 0.717) is 11.3 Å². The molecule has 0 atom stereocenters. The van der Waals surface area contributed by atoms with Gasteiger partial charge in [0.1, 0.15) is 18.4 Å². The Morgan fingerprint density at radius 3 is 2.88 bits per heavy atom.